The van der Waals surface area contributed by atoms with Crippen molar-refractivity contribution < 1.29 is 17.6 Å². The molecule has 130 valence electrons. The lowest BCUT2D eigenvalue weighted by Gasteiger charge is -2.14. The Hall–Kier alpha value is -2.47. The molecule has 0 aromatic heterocycles. The van der Waals surface area contributed by atoms with Gasteiger partial charge in [-0.1, -0.05) is 23.3 Å². The number of aryl methyl sites for hydroxylation is 1. The smallest absolute Gasteiger partial charge is 0.261 e. The van der Waals surface area contributed by atoms with Crippen molar-refractivity contribution in [2.24, 2.45) is 0 Å². The summed E-state index contributed by atoms with van der Waals surface area (Å²) >= 11 is 0. The Labute approximate surface area is 146 Å². The number of ketones is 1. The summed E-state index contributed by atoms with van der Waals surface area (Å²) in [5.74, 6) is -0.618. The second kappa shape index (κ2) is 6.44. The number of carbonyl (C=O) groups is 1. The van der Waals surface area contributed by atoms with E-state index in [4.69, 9.17) is 0 Å². The summed E-state index contributed by atoms with van der Waals surface area (Å²) in [5, 5.41) is 0. The van der Waals surface area contributed by atoms with Crippen molar-refractivity contribution in [1.29, 1.82) is 0 Å². The van der Waals surface area contributed by atoms with E-state index in [1.54, 1.807) is 12.1 Å². The molecule has 1 N–H and O–H groups in total. The minimum atomic E-state index is -3.84. The number of nitrogens with one attached hydrogen (secondary N) is 1. The second-order valence-electron chi connectivity index (χ2n) is 6.19. The fourth-order valence-corrected chi connectivity index (χ4v) is 3.98. The molecule has 4 nitrogen and oxygen atoms in total. The Morgan fingerprint density at radius 1 is 1.00 bits per heavy atom. The zero-order valence-electron chi connectivity index (χ0n) is 14.0. The first-order chi connectivity index (χ1) is 11.8. The van der Waals surface area contributed by atoms with Gasteiger partial charge in [-0.3, -0.25) is 9.52 Å². The third-order valence-electron chi connectivity index (χ3n) is 4.26. The van der Waals surface area contributed by atoms with Crippen LogP contribution in [0.25, 0.3) is 5.57 Å². The highest BCUT2D eigenvalue weighted by atomic mass is 32.2. The summed E-state index contributed by atoms with van der Waals surface area (Å²) in [6, 6.07) is 10.1. The van der Waals surface area contributed by atoms with Gasteiger partial charge in [-0.2, -0.15) is 0 Å². The molecule has 1 aliphatic rings. The largest absolute Gasteiger partial charge is 0.294 e. The number of carbonyl (C=O) groups excluding carboxylic acids is 1. The van der Waals surface area contributed by atoms with Crippen LogP contribution in [-0.4, -0.2) is 14.2 Å². The second-order valence-corrected chi connectivity index (χ2v) is 7.87. The number of benzene rings is 2. The molecule has 0 spiro atoms. The van der Waals surface area contributed by atoms with Crippen LogP contribution in [-0.2, 0) is 14.8 Å². The van der Waals surface area contributed by atoms with Crippen LogP contribution in [0.2, 0.25) is 0 Å². The molecule has 2 aromatic rings. The van der Waals surface area contributed by atoms with Crippen LogP contribution in [0.4, 0.5) is 10.1 Å². The van der Waals surface area contributed by atoms with Gasteiger partial charge < -0.3 is 0 Å². The first kappa shape index (κ1) is 17.4. The molecule has 0 amide bonds. The third-order valence-corrected chi connectivity index (χ3v) is 5.64. The van der Waals surface area contributed by atoms with Crippen molar-refractivity contribution in [1.82, 2.24) is 0 Å². The lowest BCUT2D eigenvalue weighted by Crippen LogP contribution is -2.15. The highest BCUT2D eigenvalue weighted by molar-refractivity contribution is 7.92. The molecule has 0 atom stereocenters. The van der Waals surface area contributed by atoms with Crippen molar-refractivity contribution in [2.75, 3.05) is 4.72 Å². The summed E-state index contributed by atoms with van der Waals surface area (Å²) in [6.07, 6.45) is 0.969. The summed E-state index contributed by atoms with van der Waals surface area (Å²) in [6.45, 7) is 3.67. The van der Waals surface area contributed by atoms with Gasteiger partial charge in [0, 0.05) is 17.6 Å². The molecule has 0 heterocycles. The van der Waals surface area contributed by atoms with Crippen LogP contribution in [0.1, 0.15) is 30.9 Å². The molecule has 6 heteroatoms. The summed E-state index contributed by atoms with van der Waals surface area (Å²) in [4.78, 5) is 12.3. The van der Waals surface area contributed by atoms with E-state index in [9.17, 15) is 17.6 Å². The number of anilines is 1. The minimum Gasteiger partial charge on any atom is -0.294 e. The maximum atomic E-state index is 13.7. The zero-order chi connectivity index (χ0) is 18.2. The van der Waals surface area contributed by atoms with Gasteiger partial charge in [-0.25, -0.2) is 12.8 Å². The number of hydrogen-bond donors (Lipinski definition) is 1. The molecule has 1 aliphatic carbocycles. The minimum absolute atomic E-state index is 0.0983. The average molecular weight is 359 g/mol. The van der Waals surface area contributed by atoms with E-state index in [1.165, 1.54) is 30.3 Å². The highest BCUT2D eigenvalue weighted by Crippen LogP contribution is 2.35. The van der Waals surface area contributed by atoms with E-state index in [2.05, 4.69) is 4.72 Å². The number of hydrogen-bond acceptors (Lipinski definition) is 3. The SMILES string of the molecule is CC1=C(c2cc(F)ccc2NS(=O)(=O)c2ccc(C)cc2)C(=O)CC1. The van der Waals surface area contributed by atoms with E-state index < -0.39 is 15.8 Å². The van der Waals surface area contributed by atoms with Gasteiger partial charge in [0.2, 0.25) is 0 Å². The van der Waals surface area contributed by atoms with Crippen LogP contribution in [0.15, 0.2) is 52.9 Å². The standard InChI is InChI=1S/C19H18FNO3S/c1-12-3-7-15(8-4-12)25(23,24)21-17-9-6-14(20)11-16(17)19-13(2)5-10-18(19)22/h3-4,6-9,11,21H,5,10H2,1-2H3. The summed E-state index contributed by atoms with van der Waals surface area (Å²) < 4.78 is 41.5. The number of halogens is 1. The van der Waals surface area contributed by atoms with E-state index in [-0.39, 0.29) is 21.9 Å². The van der Waals surface area contributed by atoms with Crippen molar-refractivity contribution >= 4 is 27.1 Å². The molecule has 0 bridgehead atoms. The van der Waals surface area contributed by atoms with Crippen molar-refractivity contribution in [2.45, 2.75) is 31.6 Å². The monoisotopic (exact) mass is 359 g/mol. The quantitative estimate of drug-likeness (QED) is 0.895. The molecule has 2 aromatic carbocycles. The van der Waals surface area contributed by atoms with Gasteiger partial charge in [-0.15, -0.1) is 0 Å². The Kier molecular flexibility index (Phi) is 4.47. The molecular formula is C19H18FNO3S. The number of allylic oxidation sites excluding steroid dienone is 2. The van der Waals surface area contributed by atoms with Crippen LogP contribution in [0, 0.1) is 12.7 Å². The van der Waals surface area contributed by atoms with Crippen molar-refractivity contribution in [3.63, 3.8) is 0 Å². The lowest BCUT2D eigenvalue weighted by molar-refractivity contribution is -0.113. The van der Waals surface area contributed by atoms with Gasteiger partial charge in [0.25, 0.3) is 10.0 Å². The van der Waals surface area contributed by atoms with E-state index >= 15 is 0 Å². The normalized spacial score (nSPS) is 14.9. The Morgan fingerprint density at radius 2 is 1.68 bits per heavy atom. The predicted octanol–water partition coefficient (Wildman–Crippen LogP) is 4.07. The van der Waals surface area contributed by atoms with Gasteiger partial charge in [0.1, 0.15) is 5.82 Å². The molecule has 0 fully saturated rings. The fourth-order valence-electron chi connectivity index (χ4n) is 2.90. The van der Waals surface area contributed by atoms with E-state index in [0.717, 1.165) is 11.1 Å². The van der Waals surface area contributed by atoms with Crippen LogP contribution in [0.5, 0.6) is 0 Å². The number of Topliss-reactive ketones (excluding diaryl/α,β-unsaturated/α-hetero) is 1. The molecule has 0 saturated carbocycles. The van der Waals surface area contributed by atoms with E-state index in [1.807, 2.05) is 13.8 Å². The van der Waals surface area contributed by atoms with Gasteiger partial charge in [-0.05, 0) is 50.6 Å². The van der Waals surface area contributed by atoms with E-state index in [0.29, 0.717) is 18.4 Å². The maximum Gasteiger partial charge on any atom is 0.261 e. The Balaban J connectivity index is 2.05. The van der Waals surface area contributed by atoms with Gasteiger partial charge in [0.05, 0.1) is 10.6 Å². The molecule has 0 saturated heterocycles. The number of rotatable bonds is 4. The molecular weight excluding hydrogens is 341 g/mol. The van der Waals surface area contributed by atoms with Crippen LogP contribution < -0.4 is 4.72 Å². The lowest BCUT2D eigenvalue weighted by atomic mass is 10.00. The Bertz CT molecular complexity index is 976. The first-order valence-electron chi connectivity index (χ1n) is 7.90. The highest BCUT2D eigenvalue weighted by Gasteiger charge is 2.26. The van der Waals surface area contributed by atoms with Gasteiger partial charge in [0.15, 0.2) is 5.78 Å². The van der Waals surface area contributed by atoms with Gasteiger partial charge >= 0.3 is 0 Å². The maximum absolute atomic E-state index is 13.7. The molecule has 0 radical (unpaired) electrons. The molecule has 25 heavy (non-hydrogen) atoms. The van der Waals surface area contributed by atoms with Crippen LogP contribution in [0.3, 0.4) is 0 Å². The summed E-state index contributed by atoms with van der Waals surface area (Å²) in [5.41, 5.74) is 2.67. The Morgan fingerprint density at radius 3 is 2.28 bits per heavy atom. The van der Waals surface area contributed by atoms with Crippen LogP contribution >= 0.6 is 0 Å². The van der Waals surface area contributed by atoms with Crippen molar-refractivity contribution in [3.8, 4) is 0 Å². The zero-order valence-corrected chi connectivity index (χ0v) is 14.8. The average Bonchev–Trinajstić information content (AvgIpc) is 2.88. The molecule has 0 unspecified atom stereocenters. The molecule has 0 aliphatic heterocycles. The topological polar surface area (TPSA) is 63.2 Å². The first-order valence-corrected chi connectivity index (χ1v) is 9.38. The molecule has 3 rings (SSSR count). The number of sulfonamides is 1. The summed E-state index contributed by atoms with van der Waals surface area (Å²) in [7, 11) is -3.84. The predicted molar refractivity (Wildman–Crippen MR) is 95.2 cm³/mol. The third kappa shape index (κ3) is 3.49. The fraction of sp³-hybridized carbons (Fsp3) is 0.211. The van der Waals surface area contributed by atoms with Crippen molar-refractivity contribution in [3.05, 3.63) is 65.0 Å².